The molecule has 28 heavy (non-hydrogen) atoms. The Morgan fingerprint density at radius 3 is 2.04 bits per heavy atom. The van der Waals surface area contributed by atoms with E-state index in [1.54, 1.807) is 0 Å². The Kier molecular flexibility index (Phi) is 8.61. The highest BCUT2D eigenvalue weighted by Gasteiger charge is 2.49. The van der Waals surface area contributed by atoms with Gasteiger partial charge in [0.05, 0.1) is 0 Å². The SMILES string of the molecule is CC1(C(Cl)(Cl)Cl)N=C(c2ccccc2N(CCCl)CCCl)NC(C(Cl)(Cl)Cl)=N1. The number of rotatable bonds is 6. The van der Waals surface area contributed by atoms with Crippen molar-refractivity contribution in [3.63, 3.8) is 0 Å². The second-order valence-corrected chi connectivity index (χ2v) is 11.3. The summed E-state index contributed by atoms with van der Waals surface area (Å²) in [6.45, 7) is 2.69. The number of para-hydroxylation sites is 1. The molecular weight excluding hydrogens is 532 g/mol. The van der Waals surface area contributed by atoms with E-state index in [1.165, 1.54) is 6.92 Å². The summed E-state index contributed by atoms with van der Waals surface area (Å²) in [5.74, 6) is 1.16. The van der Waals surface area contributed by atoms with Crippen LogP contribution in [0.2, 0.25) is 0 Å². The fourth-order valence-corrected chi connectivity index (χ4v) is 3.45. The van der Waals surface area contributed by atoms with Crippen LogP contribution in [0, 0.1) is 0 Å². The Morgan fingerprint density at radius 2 is 1.54 bits per heavy atom. The molecule has 2 rings (SSSR count). The average molecular weight is 548 g/mol. The molecule has 0 aromatic heterocycles. The van der Waals surface area contributed by atoms with Crippen LogP contribution < -0.4 is 10.2 Å². The standard InChI is InChI=1S/C16H16Cl8N4/c1-14(16(22,23)24)26-12(25-13(27-14)15(19,20)21)10-4-2-3-5-11(10)28(8-6-17)9-7-18/h2-5H,6-9H2,1H3,(H,25,26,27). The van der Waals surface area contributed by atoms with Crippen LogP contribution in [-0.4, -0.2) is 49.8 Å². The molecule has 0 saturated carbocycles. The molecule has 0 saturated heterocycles. The summed E-state index contributed by atoms with van der Waals surface area (Å²) in [5, 5.41) is 2.95. The quantitative estimate of drug-likeness (QED) is 0.432. The highest BCUT2D eigenvalue weighted by molar-refractivity contribution is 6.77. The number of aliphatic imine (C=N–C) groups is 2. The van der Waals surface area contributed by atoms with Crippen molar-refractivity contribution in [1.29, 1.82) is 0 Å². The monoisotopic (exact) mass is 544 g/mol. The predicted octanol–water partition coefficient (Wildman–Crippen LogP) is 6.18. The number of benzene rings is 1. The molecular formula is C16H16Cl8N4. The van der Waals surface area contributed by atoms with E-state index in [0.717, 1.165) is 5.69 Å². The molecule has 4 nitrogen and oxygen atoms in total. The van der Waals surface area contributed by atoms with Gasteiger partial charge < -0.3 is 10.2 Å². The van der Waals surface area contributed by atoms with Crippen molar-refractivity contribution < 1.29 is 0 Å². The maximum absolute atomic E-state index is 6.14. The zero-order chi connectivity index (χ0) is 21.2. The van der Waals surface area contributed by atoms with Crippen LogP contribution in [-0.2, 0) is 0 Å². The number of nitrogens with one attached hydrogen (secondary N) is 1. The molecule has 1 unspecified atom stereocenters. The summed E-state index contributed by atoms with van der Waals surface area (Å²) in [6, 6.07) is 7.48. The Morgan fingerprint density at radius 1 is 0.964 bits per heavy atom. The Labute approximate surface area is 204 Å². The third-order valence-corrected chi connectivity index (χ3v) is 5.86. The number of halogens is 8. The maximum Gasteiger partial charge on any atom is 0.247 e. The van der Waals surface area contributed by atoms with E-state index in [1.807, 2.05) is 29.2 Å². The normalized spacial score (nSPS) is 20.3. The van der Waals surface area contributed by atoms with Gasteiger partial charge in [0.25, 0.3) is 0 Å². The molecule has 1 N–H and O–H groups in total. The summed E-state index contributed by atoms with van der Waals surface area (Å²) in [5.41, 5.74) is 0.00107. The van der Waals surface area contributed by atoms with E-state index in [9.17, 15) is 0 Å². The van der Waals surface area contributed by atoms with Crippen LogP contribution in [0.3, 0.4) is 0 Å². The first-order valence-electron chi connectivity index (χ1n) is 8.00. The zero-order valence-electron chi connectivity index (χ0n) is 14.5. The van der Waals surface area contributed by atoms with Crippen molar-refractivity contribution in [2.75, 3.05) is 29.7 Å². The number of hydrogen-bond donors (Lipinski definition) is 1. The van der Waals surface area contributed by atoms with Crippen molar-refractivity contribution >= 4 is 110 Å². The van der Waals surface area contributed by atoms with Gasteiger partial charge in [-0.05, 0) is 19.1 Å². The molecule has 1 aromatic carbocycles. The van der Waals surface area contributed by atoms with Gasteiger partial charge in [-0.3, -0.25) is 0 Å². The summed E-state index contributed by atoms with van der Waals surface area (Å²) < 4.78 is -3.76. The van der Waals surface area contributed by atoms with Crippen LogP contribution in [0.25, 0.3) is 0 Å². The van der Waals surface area contributed by atoms with Gasteiger partial charge in [-0.25, -0.2) is 9.98 Å². The molecule has 0 bridgehead atoms. The fraction of sp³-hybridized carbons (Fsp3) is 0.500. The number of anilines is 1. The summed E-state index contributed by atoms with van der Waals surface area (Å²) in [4.78, 5) is 10.8. The third-order valence-electron chi connectivity index (χ3n) is 3.91. The molecule has 0 spiro atoms. The number of amidine groups is 2. The van der Waals surface area contributed by atoms with E-state index in [4.69, 9.17) is 92.8 Å². The van der Waals surface area contributed by atoms with E-state index < -0.39 is 13.2 Å². The predicted molar refractivity (Wildman–Crippen MR) is 126 cm³/mol. The van der Waals surface area contributed by atoms with Crippen molar-refractivity contribution in [2.45, 2.75) is 20.2 Å². The molecule has 0 amide bonds. The van der Waals surface area contributed by atoms with Gasteiger partial charge in [-0.15, -0.1) is 23.2 Å². The van der Waals surface area contributed by atoms with Crippen LogP contribution >= 0.6 is 92.8 Å². The van der Waals surface area contributed by atoms with Crippen molar-refractivity contribution in [3.8, 4) is 0 Å². The Bertz CT molecular complexity index is 750. The van der Waals surface area contributed by atoms with Gasteiger partial charge in [0.15, 0.2) is 11.5 Å². The minimum atomic E-state index is -1.89. The van der Waals surface area contributed by atoms with Gasteiger partial charge in [0.1, 0.15) is 5.84 Å². The third kappa shape index (κ3) is 5.79. The zero-order valence-corrected chi connectivity index (χ0v) is 20.6. The van der Waals surface area contributed by atoms with Crippen molar-refractivity contribution in [1.82, 2.24) is 5.32 Å². The minimum absolute atomic E-state index is 0.00707. The molecule has 1 atom stereocenters. The lowest BCUT2D eigenvalue weighted by Gasteiger charge is -2.36. The molecule has 0 fully saturated rings. The first kappa shape index (κ1) is 24.7. The molecule has 0 radical (unpaired) electrons. The fourth-order valence-electron chi connectivity index (χ4n) is 2.52. The lowest BCUT2D eigenvalue weighted by atomic mass is 10.1. The van der Waals surface area contributed by atoms with Crippen molar-refractivity contribution in [3.05, 3.63) is 29.8 Å². The largest absolute Gasteiger partial charge is 0.369 e. The van der Waals surface area contributed by atoms with Crippen molar-refractivity contribution in [2.24, 2.45) is 9.98 Å². The molecule has 1 heterocycles. The van der Waals surface area contributed by atoms with E-state index >= 15 is 0 Å². The summed E-state index contributed by atoms with van der Waals surface area (Å²) in [6.07, 6.45) is 0. The van der Waals surface area contributed by atoms with Crippen LogP contribution in [0.1, 0.15) is 12.5 Å². The molecule has 0 aliphatic carbocycles. The lowest BCUT2D eigenvalue weighted by Crippen LogP contribution is -2.51. The molecule has 156 valence electrons. The highest BCUT2D eigenvalue weighted by atomic mass is 35.6. The maximum atomic E-state index is 6.14. The van der Waals surface area contributed by atoms with E-state index in [0.29, 0.717) is 36.2 Å². The topological polar surface area (TPSA) is 40.0 Å². The lowest BCUT2D eigenvalue weighted by molar-refractivity contribution is 0.497. The minimum Gasteiger partial charge on any atom is -0.369 e. The number of nitrogens with zero attached hydrogens (tertiary/aromatic N) is 3. The average Bonchev–Trinajstić information content (AvgIpc) is 2.59. The number of hydrogen-bond acceptors (Lipinski definition) is 4. The Hall–Kier alpha value is 0.480. The van der Waals surface area contributed by atoms with Gasteiger partial charge >= 0.3 is 0 Å². The van der Waals surface area contributed by atoms with Gasteiger partial charge in [-0.2, -0.15) is 0 Å². The summed E-state index contributed by atoms with van der Waals surface area (Å²) in [7, 11) is 0. The highest BCUT2D eigenvalue weighted by Crippen LogP contribution is 2.44. The van der Waals surface area contributed by atoms with E-state index in [2.05, 4.69) is 15.3 Å². The molecule has 12 heteroatoms. The summed E-state index contributed by atoms with van der Waals surface area (Å²) >= 11 is 48.5. The second kappa shape index (κ2) is 9.74. The molecule has 1 aliphatic rings. The molecule has 1 aromatic rings. The van der Waals surface area contributed by atoms with Gasteiger partial charge in [0, 0.05) is 36.1 Å². The second-order valence-electron chi connectivity index (χ2n) is 5.94. The van der Waals surface area contributed by atoms with Gasteiger partial charge in [-0.1, -0.05) is 81.7 Å². The Balaban J connectivity index is 2.61. The van der Waals surface area contributed by atoms with Crippen LogP contribution in [0.4, 0.5) is 5.69 Å². The first-order chi connectivity index (χ1) is 12.9. The van der Waals surface area contributed by atoms with Gasteiger partial charge in [0.2, 0.25) is 7.59 Å². The van der Waals surface area contributed by atoms with Crippen LogP contribution in [0.15, 0.2) is 34.3 Å². The smallest absolute Gasteiger partial charge is 0.247 e. The number of alkyl halides is 8. The molecule has 1 aliphatic heterocycles. The first-order valence-corrected chi connectivity index (χ1v) is 11.3. The van der Waals surface area contributed by atoms with E-state index in [-0.39, 0.29) is 5.84 Å². The van der Waals surface area contributed by atoms with Crippen LogP contribution in [0.5, 0.6) is 0 Å².